The number of nitrogens with zero attached hydrogens (tertiary/aromatic N) is 1. The number of thiazole rings is 1. The third-order valence-electron chi connectivity index (χ3n) is 3.46. The average molecular weight is 369 g/mol. The van der Waals surface area contributed by atoms with Crippen LogP contribution in [-0.4, -0.2) is 27.1 Å². The lowest BCUT2D eigenvalue weighted by atomic mass is 10.1. The van der Waals surface area contributed by atoms with Crippen molar-refractivity contribution in [3.8, 4) is 17.0 Å². The van der Waals surface area contributed by atoms with Crippen molar-refractivity contribution in [3.63, 3.8) is 0 Å². The average Bonchev–Trinajstić information content (AvgIpc) is 3.03. The monoisotopic (exact) mass is 369 g/mol. The highest BCUT2D eigenvalue weighted by molar-refractivity contribution is 7.14. The number of carbonyl (C=O) groups is 2. The molecule has 0 aliphatic rings. The molecular weight excluding hydrogens is 354 g/mol. The Bertz CT molecular complexity index is 984. The minimum Gasteiger partial charge on any atom is -0.507 e. The molecule has 3 aromatic rings. The summed E-state index contributed by atoms with van der Waals surface area (Å²) in [6.07, 6.45) is 0. The standard InChI is InChI=1S/C18H15N3O4S/c1-10(22)19-12-4-2-3-11(7-12)15-9-26-18(21-15)20-13-5-6-14(17(24)25)16(23)8-13/h2-9,23H,1H3,(H,19,22)(H,20,21)(H,24,25). The molecule has 1 heterocycles. The molecule has 0 spiro atoms. The van der Waals surface area contributed by atoms with Crippen molar-refractivity contribution < 1.29 is 19.8 Å². The molecule has 8 heteroatoms. The second-order valence-electron chi connectivity index (χ2n) is 5.46. The van der Waals surface area contributed by atoms with Crippen molar-refractivity contribution in [3.05, 3.63) is 53.4 Å². The molecular formula is C18H15N3O4S. The first-order valence-electron chi connectivity index (χ1n) is 7.59. The SMILES string of the molecule is CC(=O)Nc1cccc(-c2csc(Nc3ccc(C(=O)O)c(O)c3)n2)c1. The van der Waals surface area contributed by atoms with E-state index in [9.17, 15) is 14.7 Å². The molecule has 1 amide bonds. The van der Waals surface area contributed by atoms with Crippen LogP contribution in [0.15, 0.2) is 47.8 Å². The van der Waals surface area contributed by atoms with Crippen LogP contribution in [-0.2, 0) is 4.79 Å². The van der Waals surface area contributed by atoms with Crippen LogP contribution >= 0.6 is 11.3 Å². The van der Waals surface area contributed by atoms with E-state index in [0.29, 0.717) is 16.5 Å². The van der Waals surface area contributed by atoms with Crippen LogP contribution in [0.3, 0.4) is 0 Å². The van der Waals surface area contributed by atoms with Crippen molar-refractivity contribution in [2.75, 3.05) is 10.6 Å². The van der Waals surface area contributed by atoms with Crippen LogP contribution < -0.4 is 10.6 Å². The second-order valence-corrected chi connectivity index (χ2v) is 6.32. The predicted molar refractivity (Wildman–Crippen MR) is 100 cm³/mol. The summed E-state index contributed by atoms with van der Waals surface area (Å²) in [6, 6.07) is 11.6. The van der Waals surface area contributed by atoms with Gasteiger partial charge in [-0.25, -0.2) is 9.78 Å². The molecule has 1 aromatic heterocycles. The maximum atomic E-state index is 11.2. The Balaban J connectivity index is 1.79. The third-order valence-corrected chi connectivity index (χ3v) is 4.22. The molecule has 3 rings (SSSR count). The molecule has 0 bridgehead atoms. The van der Waals surface area contributed by atoms with E-state index in [-0.39, 0.29) is 17.2 Å². The van der Waals surface area contributed by atoms with Gasteiger partial charge in [0.2, 0.25) is 5.91 Å². The lowest BCUT2D eigenvalue weighted by Gasteiger charge is -2.05. The maximum Gasteiger partial charge on any atom is 0.339 e. The van der Waals surface area contributed by atoms with E-state index in [1.165, 1.54) is 30.4 Å². The number of anilines is 3. The number of aromatic nitrogens is 1. The van der Waals surface area contributed by atoms with Crippen molar-refractivity contribution in [2.45, 2.75) is 6.92 Å². The summed E-state index contributed by atoms with van der Waals surface area (Å²) in [6.45, 7) is 1.45. The Kier molecular flexibility index (Phi) is 4.85. The smallest absolute Gasteiger partial charge is 0.339 e. The van der Waals surface area contributed by atoms with Gasteiger partial charge in [0.15, 0.2) is 5.13 Å². The number of aromatic carboxylic acids is 1. The van der Waals surface area contributed by atoms with E-state index in [1.54, 1.807) is 12.1 Å². The van der Waals surface area contributed by atoms with Crippen molar-refractivity contribution in [2.24, 2.45) is 0 Å². The summed E-state index contributed by atoms with van der Waals surface area (Å²) < 4.78 is 0. The van der Waals surface area contributed by atoms with Gasteiger partial charge >= 0.3 is 5.97 Å². The molecule has 7 nitrogen and oxygen atoms in total. The van der Waals surface area contributed by atoms with Crippen molar-refractivity contribution >= 4 is 39.7 Å². The molecule has 0 aliphatic carbocycles. The first kappa shape index (κ1) is 17.4. The highest BCUT2D eigenvalue weighted by Gasteiger charge is 2.11. The molecule has 2 aromatic carbocycles. The Morgan fingerprint density at radius 3 is 2.62 bits per heavy atom. The van der Waals surface area contributed by atoms with Crippen LogP contribution in [0.5, 0.6) is 5.75 Å². The Labute approximate surface area is 153 Å². The number of aromatic hydroxyl groups is 1. The zero-order valence-corrected chi connectivity index (χ0v) is 14.5. The summed E-state index contributed by atoms with van der Waals surface area (Å²) in [5.74, 6) is -1.65. The van der Waals surface area contributed by atoms with E-state index in [2.05, 4.69) is 15.6 Å². The number of amides is 1. The number of carbonyl (C=O) groups excluding carboxylic acids is 1. The van der Waals surface area contributed by atoms with Crippen LogP contribution in [0.25, 0.3) is 11.3 Å². The molecule has 4 N–H and O–H groups in total. The zero-order chi connectivity index (χ0) is 18.7. The molecule has 0 unspecified atom stereocenters. The van der Waals surface area contributed by atoms with Crippen LogP contribution in [0.4, 0.5) is 16.5 Å². The molecule has 26 heavy (non-hydrogen) atoms. The van der Waals surface area contributed by atoms with Gasteiger partial charge in [-0.2, -0.15) is 0 Å². The molecule has 0 atom stereocenters. The lowest BCUT2D eigenvalue weighted by molar-refractivity contribution is -0.114. The number of rotatable bonds is 5. The minimum absolute atomic E-state index is 0.146. The largest absolute Gasteiger partial charge is 0.507 e. The second kappa shape index (κ2) is 7.24. The fourth-order valence-corrected chi connectivity index (χ4v) is 3.08. The van der Waals surface area contributed by atoms with Gasteiger partial charge in [0.05, 0.1) is 5.69 Å². The van der Waals surface area contributed by atoms with Gasteiger partial charge in [-0.15, -0.1) is 11.3 Å². The Morgan fingerprint density at radius 1 is 1.12 bits per heavy atom. The maximum absolute atomic E-state index is 11.2. The van der Waals surface area contributed by atoms with E-state index in [0.717, 1.165) is 11.3 Å². The van der Waals surface area contributed by atoms with Gasteiger partial charge in [-0.1, -0.05) is 12.1 Å². The molecule has 132 valence electrons. The van der Waals surface area contributed by atoms with Gasteiger partial charge in [-0.05, 0) is 24.3 Å². The third kappa shape index (κ3) is 3.98. The van der Waals surface area contributed by atoms with Crippen LogP contribution in [0, 0.1) is 0 Å². The molecule has 0 aliphatic heterocycles. The summed E-state index contributed by atoms with van der Waals surface area (Å²) in [4.78, 5) is 26.6. The van der Waals surface area contributed by atoms with Crippen LogP contribution in [0.1, 0.15) is 17.3 Å². The fourth-order valence-electron chi connectivity index (χ4n) is 2.34. The van der Waals surface area contributed by atoms with Crippen LogP contribution in [0.2, 0.25) is 0 Å². The lowest BCUT2D eigenvalue weighted by Crippen LogP contribution is -2.05. The van der Waals surface area contributed by atoms with Gasteiger partial charge in [0, 0.05) is 35.3 Å². The van der Waals surface area contributed by atoms with Crippen molar-refractivity contribution in [1.82, 2.24) is 4.98 Å². The van der Waals surface area contributed by atoms with E-state index in [1.807, 2.05) is 23.6 Å². The van der Waals surface area contributed by atoms with E-state index >= 15 is 0 Å². The number of carboxylic acids is 1. The fraction of sp³-hybridized carbons (Fsp3) is 0.0556. The Morgan fingerprint density at radius 2 is 1.92 bits per heavy atom. The van der Waals surface area contributed by atoms with Gasteiger partial charge in [0.1, 0.15) is 11.3 Å². The summed E-state index contributed by atoms with van der Waals surface area (Å²) in [5, 5.41) is 26.9. The Hall–Kier alpha value is -3.39. The number of benzene rings is 2. The highest BCUT2D eigenvalue weighted by Crippen LogP contribution is 2.30. The molecule has 0 saturated heterocycles. The highest BCUT2D eigenvalue weighted by atomic mass is 32.1. The van der Waals surface area contributed by atoms with Gasteiger partial charge < -0.3 is 20.8 Å². The molecule has 0 radical (unpaired) electrons. The summed E-state index contributed by atoms with van der Waals surface area (Å²) >= 11 is 1.37. The van der Waals surface area contributed by atoms with Crippen molar-refractivity contribution in [1.29, 1.82) is 0 Å². The predicted octanol–water partition coefficient (Wildman–Crippen LogP) is 3.92. The summed E-state index contributed by atoms with van der Waals surface area (Å²) in [5.41, 5.74) is 2.64. The number of carboxylic acid groups (broad SMARTS) is 1. The number of phenols is 1. The topological polar surface area (TPSA) is 112 Å². The first-order valence-corrected chi connectivity index (χ1v) is 8.47. The molecule has 0 saturated carbocycles. The van der Waals surface area contributed by atoms with E-state index < -0.39 is 5.97 Å². The number of nitrogens with one attached hydrogen (secondary N) is 2. The zero-order valence-electron chi connectivity index (χ0n) is 13.7. The normalized spacial score (nSPS) is 10.3. The summed E-state index contributed by atoms with van der Waals surface area (Å²) in [7, 11) is 0. The molecule has 0 fully saturated rings. The number of hydrogen-bond acceptors (Lipinski definition) is 6. The number of hydrogen-bond donors (Lipinski definition) is 4. The van der Waals surface area contributed by atoms with E-state index in [4.69, 9.17) is 5.11 Å². The first-order chi connectivity index (χ1) is 12.4. The van der Waals surface area contributed by atoms with Gasteiger partial charge in [-0.3, -0.25) is 4.79 Å². The quantitative estimate of drug-likeness (QED) is 0.542. The minimum atomic E-state index is -1.19. The van der Waals surface area contributed by atoms with Gasteiger partial charge in [0.25, 0.3) is 0 Å².